The minimum Gasteiger partial charge on any atom is -0.508 e. The lowest BCUT2D eigenvalue weighted by Crippen LogP contribution is -2.18. The predicted molar refractivity (Wildman–Crippen MR) is 52.5 cm³/mol. The Morgan fingerprint density at radius 3 is 2.87 bits per heavy atom. The normalized spacial score (nSPS) is 19.0. The minimum absolute atomic E-state index is 0. The molecule has 1 fully saturated rings. The van der Waals surface area contributed by atoms with E-state index in [0.29, 0.717) is 5.56 Å². The van der Waals surface area contributed by atoms with Gasteiger partial charge < -0.3 is 15.2 Å². The lowest BCUT2D eigenvalue weighted by molar-refractivity contribution is 0.177. The van der Waals surface area contributed by atoms with Crippen LogP contribution < -0.4 is 5.32 Å². The number of phenolic OH excluding ortho intramolecular Hbond substituents is 1. The van der Waals surface area contributed by atoms with Crippen molar-refractivity contribution in [1.82, 2.24) is 5.32 Å². The molecule has 1 aromatic carbocycles. The summed E-state index contributed by atoms with van der Waals surface area (Å²) in [4.78, 5) is 10.7. The summed E-state index contributed by atoms with van der Waals surface area (Å²) in [6.45, 7) is 0.107. The summed E-state index contributed by atoms with van der Waals surface area (Å²) in [5, 5.41) is 11.9. The molecule has 2 N–H and O–H groups in total. The zero-order valence-electron chi connectivity index (χ0n) is 7.57. The molecule has 1 atom stereocenters. The van der Waals surface area contributed by atoms with E-state index in [1.807, 2.05) is 0 Å². The largest absolute Gasteiger partial charge is 0.508 e. The minimum atomic E-state index is -0.557. The maximum Gasteiger partial charge on any atom is 0.407 e. The van der Waals surface area contributed by atoms with E-state index in [4.69, 9.17) is 0 Å². The number of alkyl carbamates (subject to hydrolysis) is 1. The number of hydrogen-bond acceptors (Lipinski definition) is 3. The molecule has 1 heterocycles. The second kappa shape index (κ2) is 4.35. The Morgan fingerprint density at radius 1 is 1.53 bits per heavy atom. The van der Waals surface area contributed by atoms with Gasteiger partial charge in [-0.25, -0.2) is 9.18 Å². The fourth-order valence-electron chi connectivity index (χ4n) is 1.36. The number of halogens is 2. The third-order valence-electron chi connectivity index (χ3n) is 2.04. The number of hydrogen-bond donors (Lipinski definition) is 2. The number of carbonyl (C=O) groups is 1. The first-order chi connectivity index (χ1) is 6.66. The third kappa shape index (κ3) is 2.30. The molecule has 0 spiro atoms. The van der Waals surface area contributed by atoms with Gasteiger partial charge in [-0.3, -0.25) is 0 Å². The van der Waals surface area contributed by atoms with E-state index >= 15 is 0 Å². The standard InChI is InChI=1S/C9H8FNO3.ClH/c10-5-1-2-8(12)6(3-5)7-4-14-9(13)11-7;/h1-3,7,12H,4H2,(H,11,13);1H/t7-;/m0./s1. The molecule has 1 aromatic rings. The van der Waals surface area contributed by atoms with Crippen molar-refractivity contribution in [3.63, 3.8) is 0 Å². The fourth-order valence-corrected chi connectivity index (χ4v) is 1.36. The fraction of sp³-hybridized carbons (Fsp3) is 0.222. The van der Waals surface area contributed by atoms with Crippen molar-refractivity contribution in [1.29, 1.82) is 0 Å². The average Bonchev–Trinajstić information content (AvgIpc) is 2.56. The number of benzene rings is 1. The van der Waals surface area contributed by atoms with Gasteiger partial charge in [0.2, 0.25) is 0 Å². The summed E-state index contributed by atoms with van der Waals surface area (Å²) in [5.41, 5.74) is 0.329. The average molecular weight is 234 g/mol. The molecule has 0 radical (unpaired) electrons. The predicted octanol–water partition coefficient (Wildman–Crippen LogP) is 1.73. The van der Waals surface area contributed by atoms with Gasteiger partial charge in [0.1, 0.15) is 18.2 Å². The molecule has 82 valence electrons. The molecule has 0 bridgehead atoms. The first kappa shape index (κ1) is 11.6. The van der Waals surface area contributed by atoms with Crippen LogP contribution in [0.1, 0.15) is 11.6 Å². The van der Waals surface area contributed by atoms with Crippen LogP contribution in [0.2, 0.25) is 0 Å². The smallest absolute Gasteiger partial charge is 0.407 e. The van der Waals surface area contributed by atoms with Gasteiger partial charge in [0.25, 0.3) is 0 Å². The molecule has 0 saturated carbocycles. The van der Waals surface area contributed by atoms with E-state index in [1.165, 1.54) is 12.1 Å². The Hall–Kier alpha value is -1.49. The molecular weight excluding hydrogens is 225 g/mol. The highest BCUT2D eigenvalue weighted by atomic mass is 35.5. The van der Waals surface area contributed by atoms with Crippen LogP contribution in [-0.2, 0) is 4.74 Å². The van der Waals surface area contributed by atoms with Gasteiger partial charge in [0, 0.05) is 5.56 Å². The molecule has 1 aliphatic rings. The summed E-state index contributed by atoms with van der Waals surface area (Å²) < 4.78 is 17.5. The molecule has 4 nitrogen and oxygen atoms in total. The van der Waals surface area contributed by atoms with E-state index in [9.17, 15) is 14.3 Å². The summed E-state index contributed by atoms with van der Waals surface area (Å²) >= 11 is 0. The Balaban J connectivity index is 0.00000112. The number of ether oxygens (including phenoxy) is 1. The summed E-state index contributed by atoms with van der Waals surface area (Å²) in [6.07, 6.45) is -0.557. The SMILES string of the molecule is Cl.O=C1N[C@H](c2cc(F)ccc2O)CO1. The summed E-state index contributed by atoms with van der Waals surface area (Å²) in [5.74, 6) is -0.513. The number of amides is 1. The zero-order valence-corrected chi connectivity index (χ0v) is 8.38. The lowest BCUT2D eigenvalue weighted by Gasteiger charge is -2.09. The van der Waals surface area contributed by atoms with Crippen LogP contribution in [0.25, 0.3) is 0 Å². The highest BCUT2D eigenvalue weighted by molar-refractivity contribution is 5.85. The first-order valence-electron chi connectivity index (χ1n) is 4.08. The number of phenols is 1. The molecular formula is C9H9ClFNO3. The van der Waals surface area contributed by atoms with Crippen molar-refractivity contribution in [3.05, 3.63) is 29.6 Å². The second-order valence-electron chi connectivity index (χ2n) is 3.00. The van der Waals surface area contributed by atoms with Crippen LogP contribution in [0.3, 0.4) is 0 Å². The van der Waals surface area contributed by atoms with Gasteiger partial charge in [-0.2, -0.15) is 0 Å². The Morgan fingerprint density at radius 2 is 2.27 bits per heavy atom. The van der Waals surface area contributed by atoms with E-state index in [-0.39, 0.29) is 24.8 Å². The van der Waals surface area contributed by atoms with Gasteiger partial charge in [-0.05, 0) is 18.2 Å². The van der Waals surface area contributed by atoms with Crippen molar-refractivity contribution in [3.8, 4) is 5.75 Å². The Kier molecular flexibility index (Phi) is 3.36. The van der Waals surface area contributed by atoms with Crippen molar-refractivity contribution >= 4 is 18.5 Å². The molecule has 1 saturated heterocycles. The van der Waals surface area contributed by atoms with Crippen LogP contribution in [0.5, 0.6) is 5.75 Å². The first-order valence-corrected chi connectivity index (χ1v) is 4.08. The third-order valence-corrected chi connectivity index (χ3v) is 2.04. The maximum absolute atomic E-state index is 12.8. The number of nitrogens with one attached hydrogen (secondary N) is 1. The van der Waals surface area contributed by atoms with E-state index in [2.05, 4.69) is 10.1 Å². The van der Waals surface area contributed by atoms with Crippen molar-refractivity contribution in [2.24, 2.45) is 0 Å². The topological polar surface area (TPSA) is 58.6 Å². The van der Waals surface area contributed by atoms with Gasteiger partial charge in [0.05, 0.1) is 6.04 Å². The molecule has 6 heteroatoms. The van der Waals surface area contributed by atoms with E-state index in [1.54, 1.807) is 0 Å². The Bertz CT molecular complexity index is 386. The molecule has 15 heavy (non-hydrogen) atoms. The van der Waals surface area contributed by atoms with Crippen LogP contribution in [-0.4, -0.2) is 17.8 Å². The number of aromatic hydroxyl groups is 1. The summed E-state index contributed by atoms with van der Waals surface area (Å²) in [6, 6.07) is 3.10. The quantitative estimate of drug-likeness (QED) is 0.777. The molecule has 1 amide bonds. The molecule has 0 aromatic heterocycles. The van der Waals surface area contributed by atoms with Crippen molar-refractivity contribution in [2.45, 2.75) is 6.04 Å². The molecule has 0 aliphatic carbocycles. The van der Waals surface area contributed by atoms with Gasteiger partial charge >= 0.3 is 6.09 Å². The maximum atomic E-state index is 12.8. The van der Waals surface area contributed by atoms with E-state index < -0.39 is 18.0 Å². The summed E-state index contributed by atoms with van der Waals surface area (Å²) in [7, 11) is 0. The molecule has 2 rings (SSSR count). The van der Waals surface area contributed by atoms with Crippen LogP contribution in [0, 0.1) is 5.82 Å². The monoisotopic (exact) mass is 233 g/mol. The van der Waals surface area contributed by atoms with Crippen LogP contribution in [0.15, 0.2) is 18.2 Å². The van der Waals surface area contributed by atoms with E-state index in [0.717, 1.165) is 6.07 Å². The number of rotatable bonds is 1. The lowest BCUT2D eigenvalue weighted by atomic mass is 10.1. The highest BCUT2D eigenvalue weighted by Crippen LogP contribution is 2.27. The van der Waals surface area contributed by atoms with Crippen molar-refractivity contribution in [2.75, 3.05) is 6.61 Å². The van der Waals surface area contributed by atoms with Gasteiger partial charge in [0.15, 0.2) is 0 Å². The van der Waals surface area contributed by atoms with Gasteiger partial charge in [-0.15, -0.1) is 12.4 Å². The molecule has 1 aliphatic heterocycles. The van der Waals surface area contributed by atoms with Crippen LogP contribution >= 0.6 is 12.4 Å². The number of cyclic esters (lactones) is 1. The van der Waals surface area contributed by atoms with Crippen molar-refractivity contribution < 1.29 is 19.0 Å². The Labute approximate surface area is 91.5 Å². The highest BCUT2D eigenvalue weighted by Gasteiger charge is 2.26. The zero-order chi connectivity index (χ0) is 10.1. The second-order valence-corrected chi connectivity index (χ2v) is 3.00. The van der Waals surface area contributed by atoms with Gasteiger partial charge in [-0.1, -0.05) is 0 Å². The number of carbonyl (C=O) groups excluding carboxylic acids is 1. The van der Waals surface area contributed by atoms with Crippen LogP contribution in [0.4, 0.5) is 9.18 Å². The molecule has 0 unspecified atom stereocenters.